The van der Waals surface area contributed by atoms with Crippen LogP contribution in [0.1, 0.15) is 149 Å². The Morgan fingerprint density at radius 2 is 0.982 bits per heavy atom. The quantitative estimate of drug-likeness (QED) is 0.133. The Hall–Kier alpha value is -5.16. The van der Waals surface area contributed by atoms with Crippen LogP contribution in [-0.4, -0.2) is 6.71 Å². The van der Waals surface area contributed by atoms with Crippen LogP contribution in [0.2, 0.25) is 0 Å². The molecular formula is C51H53BN4+2. The zero-order valence-corrected chi connectivity index (χ0v) is 34.6. The second-order valence-corrected chi connectivity index (χ2v) is 19.0. The molecule has 0 saturated heterocycles. The van der Waals surface area contributed by atoms with Crippen molar-refractivity contribution in [2.24, 2.45) is 0 Å². The molecular weight excluding hydrogens is 679 g/mol. The van der Waals surface area contributed by atoms with Gasteiger partial charge < -0.3 is 0 Å². The zero-order valence-electron chi connectivity index (χ0n) is 34.6. The minimum absolute atomic E-state index is 0.0943. The van der Waals surface area contributed by atoms with Crippen molar-refractivity contribution in [2.45, 2.75) is 110 Å². The van der Waals surface area contributed by atoms with Crippen LogP contribution in [0.15, 0.2) is 109 Å². The average Bonchev–Trinajstić information content (AvgIpc) is 3.55. The van der Waals surface area contributed by atoms with Gasteiger partial charge in [-0.15, -0.1) is 0 Å². The number of fused-ring (bicyclic) bond motifs is 8. The molecule has 4 nitrogen and oxygen atoms in total. The molecule has 6 heterocycles. The molecule has 0 aliphatic carbocycles. The molecule has 0 bridgehead atoms. The minimum atomic E-state index is -0.185. The average molecular weight is 733 g/mol. The number of nitrogens with zero attached hydrogens (tertiary/aromatic N) is 4. The van der Waals surface area contributed by atoms with Crippen molar-refractivity contribution in [3.05, 3.63) is 160 Å². The number of para-hydroxylation sites is 2. The van der Waals surface area contributed by atoms with E-state index in [0.29, 0.717) is 11.8 Å². The summed E-state index contributed by atoms with van der Waals surface area (Å²) in [6.07, 6.45) is 4.62. The highest BCUT2D eigenvalue weighted by Crippen LogP contribution is 2.59. The van der Waals surface area contributed by atoms with E-state index in [9.17, 15) is 0 Å². The topological polar surface area (TPSA) is 14.2 Å². The van der Waals surface area contributed by atoms with Crippen molar-refractivity contribution in [1.82, 2.24) is 0 Å². The normalized spacial score (nSPS) is 21.0. The van der Waals surface area contributed by atoms with Crippen molar-refractivity contribution in [1.29, 1.82) is 0 Å². The van der Waals surface area contributed by atoms with Crippen molar-refractivity contribution < 1.29 is 9.13 Å². The van der Waals surface area contributed by atoms with Gasteiger partial charge in [0.2, 0.25) is 6.71 Å². The Labute approximate surface area is 333 Å². The van der Waals surface area contributed by atoms with E-state index < -0.39 is 0 Å². The molecule has 1 aromatic heterocycles. The van der Waals surface area contributed by atoms with Gasteiger partial charge in [-0.25, -0.2) is 9.13 Å². The number of rotatable bonds is 3. The first-order valence-electron chi connectivity index (χ1n) is 21.0. The van der Waals surface area contributed by atoms with Crippen LogP contribution in [0, 0.1) is 0 Å². The van der Waals surface area contributed by atoms with Crippen LogP contribution in [0.25, 0.3) is 0 Å². The summed E-state index contributed by atoms with van der Waals surface area (Å²) < 4.78 is 5.14. The lowest BCUT2D eigenvalue weighted by Crippen LogP contribution is -2.66. The van der Waals surface area contributed by atoms with Gasteiger partial charge in [0.15, 0.2) is 0 Å². The van der Waals surface area contributed by atoms with Crippen LogP contribution < -0.4 is 35.3 Å². The monoisotopic (exact) mass is 732 g/mol. The van der Waals surface area contributed by atoms with Crippen molar-refractivity contribution in [3.63, 3.8) is 0 Å². The Kier molecular flexibility index (Phi) is 6.85. The Balaban J connectivity index is 1.28. The molecule has 5 aromatic carbocycles. The summed E-state index contributed by atoms with van der Waals surface area (Å²) in [5, 5.41) is 0. The first kappa shape index (κ1) is 34.1. The van der Waals surface area contributed by atoms with Crippen molar-refractivity contribution >= 4 is 46.1 Å². The molecule has 5 aliphatic heterocycles. The Morgan fingerprint density at radius 3 is 1.41 bits per heavy atom. The highest BCUT2D eigenvalue weighted by molar-refractivity contribution is 6.97. The van der Waals surface area contributed by atoms with Gasteiger partial charge in [0.25, 0.3) is 6.17 Å². The van der Waals surface area contributed by atoms with Crippen LogP contribution in [-0.2, 0) is 10.8 Å². The smallest absolute Gasteiger partial charge is 0.216 e. The first-order valence-corrected chi connectivity index (χ1v) is 21.0. The number of benzene rings is 5. The molecule has 56 heavy (non-hydrogen) atoms. The maximum atomic E-state index is 2.77. The molecule has 278 valence electrons. The lowest BCUT2D eigenvalue weighted by Gasteiger charge is -2.47. The number of hydrogen-bond donors (Lipinski definition) is 0. The van der Waals surface area contributed by atoms with E-state index in [2.05, 4.69) is 198 Å². The molecule has 0 saturated carbocycles. The molecule has 2 unspecified atom stereocenters. The summed E-state index contributed by atoms with van der Waals surface area (Å²) in [4.78, 5) is 5.55. The van der Waals surface area contributed by atoms with Gasteiger partial charge in [-0.3, -0.25) is 0 Å². The molecule has 11 rings (SSSR count). The van der Waals surface area contributed by atoms with E-state index in [1.54, 1.807) is 0 Å². The van der Waals surface area contributed by atoms with Gasteiger partial charge in [-0.05, 0) is 60.1 Å². The summed E-state index contributed by atoms with van der Waals surface area (Å²) in [7, 11) is 0. The second kappa shape index (κ2) is 11.2. The van der Waals surface area contributed by atoms with Crippen molar-refractivity contribution in [3.8, 4) is 0 Å². The third-order valence-corrected chi connectivity index (χ3v) is 14.7. The molecule has 0 radical (unpaired) electrons. The van der Waals surface area contributed by atoms with Crippen LogP contribution in [0.4, 0.5) is 23.0 Å². The molecule has 5 aliphatic rings. The third-order valence-electron chi connectivity index (χ3n) is 14.7. The molecule has 2 atom stereocenters. The molecule has 5 heteroatoms. The maximum absolute atomic E-state index is 2.77. The molecule has 0 amide bonds. The predicted octanol–water partition coefficient (Wildman–Crippen LogP) is 9.14. The van der Waals surface area contributed by atoms with E-state index in [1.807, 2.05) is 0 Å². The molecule has 0 fully saturated rings. The Morgan fingerprint density at radius 1 is 0.554 bits per heavy atom. The van der Waals surface area contributed by atoms with Crippen LogP contribution in [0.3, 0.4) is 0 Å². The van der Waals surface area contributed by atoms with Gasteiger partial charge in [0.1, 0.15) is 35.9 Å². The zero-order chi connectivity index (χ0) is 38.7. The van der Waals surface area contributed by atoms with E-state index in [4.69, 9.17) is 0 Å². The Bertz CT molecular complexity index is 2510. The van der Waals surface area contributed by atoms with E-state index in [0.717, 1.165) is 0 Å². The maximum Gasteiger partial charge on any atom is 0.378 e. The summed E-state index contributed by atoms with van der Waals surface area (Å²) in [6, 6.07) is 38.5. The fourth-order valence-corrected chi connectivity index (χ4v) is 11.9. The third kappa shape index (κ3) is 4.07. The van der Waals surface area contributed by atoms with E-state index in [1.165, 1.54) is 89.5 Å². The van der Waals surface area contributed by atoms with Crippen LogP contribution >= 0.6 is 0 Å². The predicted molar refractivity (Wildman–Crippen MR) is 231 cm³/mol. The SMILES string of the molecule is CC(C)c1cccc2c1N1c3c4[n+](cc[n+]3C2C)C(C)c2cccc(C(C)C)c2N4C1c1cc2c3c(c1)C(C)(C)c1ccccc1B3c1ccccc1C2(C)C. The number of anilines is 4. The first-order chi connectivity index (χ1) is 26.8. The summed E-state index contributed by atoms with van der Waals surface area (Å²) >= 11 is 0. The van der Waals surface area contributed by atoms with Gasteiger partial charge in [-0.2, -0.15) is 9.80 Å². The number of aromatic nitrogens is 2. The van der Waals surface area contributed by atoms with E-state index >= 15 is 0 Å². The summed E-state index contributed by atoms with van der Waals surface area (Å²) in [6.45, 7) is 24.4. The lowest BCUT2D eigenvalue weighted by molar-refractivity contribution is -0.746. The fourth-order valence-electron chi connectivity index (χ4n) is 11.9. The molecule has 0 N–H and O–H groups in total. The van der Waals surface area contributed by atoms with Crippen molar-refractivity contribution in [2.75, 3.05) is 9.80 Å². The fraction of sp³-hybridized carbons (Fsp3) is 0.333. The second-order valence-electron chi connectivity index (χ2n) is 19.0. The number of hydrogen-bond acceptors (Lipinski definition) is 2. The molecule has 6 aromatic rings. The van der Waals surface area contributed by atoms with Gasteiger partial charge in [0, 0.05) is 38.6 Å². The van der Waals surface area contributed by atoms with E-state index in [-0.39, 0.29) is 35.8 Å². The van der Waals surface area contributed by atoms with Gasteiger partial charge in [0.05, 0.1) is 0 Å². The standard InChI is InChI=1S/C51H53BN4/c1-29(2)34-17-15-19-36-31(5)53-25-26-54-32(6)37-20-16-18-35(30(3)4)46(37)56-47(55(45(34)36)48(53)49(54)56)33-27-40-44-41(28-33)51(9,10)39-22-12-14-24-43(39)52(44)42-23-13-11-21-38(42)50(40,7)8/h11-32,47H,1-10H3/q+2. The lowest BCUT2D eigenvalue weighted by atomic mass is 9.27. The van der Waals surface area contributed by atoms with Gasteiger partial charge in [-0.1, -0.05) is 157 Å². The highest BCUT2D eigenvalue weighted by Gasteiger charge is 2.63. The molecule has 0 spiro atoms. The van der Waals surface area contributed by atoms with Gasteiger partial charge >= 0.3 is 11.6 Å². The summed E-state index contributed by atoms with van der Waals surface area (Å²) in [5.41, 5.74) is 19.7. The summed E-state index contributed by atoms with van der Waals surface area (Å²) in [5.74, 6) is 3.35. The largest absolute Gasteiger partial charge is 0.378 e. The van der Waals surface area contributed by atoms with Crippen LogP contribution in [0.5, 0.6) is 0 Å². The highest BCUT2D eigenvalue weighted by atomic mass is 15.5. The minimum Gasteiger partial charge on any atom is -0.216 e.